The second-order valence-electron chi connectivity index (χ2n) is 3.22. The molecule has 0 atom stereocenters. The first-order valence-corrected chi connectivity index (χ1v) is 5.33. The molecule has 16 heavy (non-hydrogen) atoms. The van der Waals surface area contributed by atoms with Crippen LogP contribution in [0.15, 0.2) is 43.0 Å². The Hall–Kier alpha value is -1.54. The van der Waals surface area contributed by atoms with Gasteiger partial charge >= 0.3 is 5.97 Å². The summed E-state index contributed by atoms with van der Waals surface area (Å²) >= 11 is 5.47. The minimum Gasteiger partial charge on any atom is -0.457 e. The number of rotatable bonds is 5. The Morgan fingerprint density at radius 1 is 1.44 bits per heavy atom. The van der Waals surface area contributed by atoms with E-state index in [2.05, 4.69) is 13.2 Å². The van der Waals surface area contributed by atoms with Gasteiger partial charge in [-0.05, 0) is 11.1 Å². The topological polar surface area (TPSA) is 26.3 Å². The van der Waals surface area contributed by atoms with E-state index < -0.39 is 5.97 Å². The first-order valence-electron chi connectivity index (χ1n) is 4.80. The number of carbonyl (C=O) groups is 1. The van der Waals surface area contributed by atoms with Gasteiger partial charge in [0.1, 0.15) is 6.61 Å². The summed E-state index contributed by atoms with van der Waals surface area (Å²) in [6, 6.07) is 7.58. The zero-order valence-corrected chi connectivity index (χ0v) is 9.67. The lowest BCUT2D eigenvalue weighted by Gasteiger charge is -2.07. The van der Waals surface area contributed by atoms with Crippen LogP contribution in [-0.4, -0.2) is 11.8 Å². The van der Waals surface area contributed by atoms with E-state index in [4.69, 9.17) is 16.3 Å². The maximum absolute atomic E-state index is 11.3. The van der Waals surface area contributed by atoms with Crippen molar-refractivity contribution in [2.75, 3.05) is 5.88 Å². The lowest BCUT2D eigenvalue weighted by atomic mass is 10.1. The van der Waals surface area contributed by atoms with Crippen molar-refractivity contribution in [2.45, 2.75) is 6.61 Å². The second kappa shape index (κ2) is 6.13. The Kier molecular flexibility index (Phi) is 4.80. The third-order valence-corrected chi connectivity index (χ3v) is 2.41. The molecule has 0 aliphatic carbocycles. The van der Waals surface area contributed by atoms with Crippen molar-refractivity contribution in [3.8, 4) is 0 Å². The number of carbonyl (C=O) groups excluding carboxylic acids is 1. The molecule has 0 saturated carbocycles. The summed E-state index contributed by atoms with van der Waals surface area (Å²) in [7, 11) is 0. The summed E-state index contributed by atoms with van der Waals surface area (Å²) in [4.78, 5) is 11.3. The molecule has 0 aliphatic heterocycles. The minimum absolute atomic E-state index is 0.0853. The molecule has 0 fully saturated rings. The van der Waals surface area contributed by atoms with E-state index in [-0.39, 0.29) is 18.1 Å². The highest BCUT2D eigenvalue weighted by Crippen LogP contribution is 2.12. The Balaban J connectivity index is 2.64. The molecule has 0 radical (unpaired) electrons. The predicted octanol–water partition coefficient (Wildman–Crippen LogP) is 3.17. The third kappa shape index (κ3) is 3.24. The number of halogens is 1. The van der Waals surface area contributed by atoms with Gasteiger partial charge in [-0.25, -0.2) is 4.79 Å². The smallest absolute Gasteiger partial charge is 0.334 e. The summed E-state index contributed by atoms with van der Waals surface area (Å²) in [6.07, 6.45) is 1.72. The fourth-order valence-electron chi connectivity index (χ4n) is 1.16. The minimum atomic E-state index is -0.464. The summed E-state index contributed by atoms with van der Waals surface area (Å²) in [5, 5.41) is 0. The molecule has 0 aliphatic rings. The zero-order chi connectivity index (χ0) is 12.0. The maximum atomic E-state index is 11.3. The summed E-state index contributed by atoms with van der Waals surface area (Å²) < 4.78 is 5.05. The Morgan fingerprint density at radius 3 is 2.75 bits per heavy atom. The van der Waals surface area contributed by atoms with Crippen LogP contribution in [-0.2, 0) is 16.1 Å². The lowest BCUT2D eigenvalue weighted by Crippen LogP contribution is -2.08. The molecule has 1 rings (SSSR count). The fraction of sp³-hybridized carbons (Fsp3) is 0.154. The molecule has 3 heteroatoms. The van der Waals surface area contributed by atoms with Gasteiger partial charge in [0.25, 0.3) is 0 Å². The molecule has 1 aromatic carbocycles. The van der Waals surface area contributed by atoms with Crippen LogP contribution in [0, 0.1) is 0 Å². The van der Waals surface area contributed by atoms with Crippen LogP contribution in [0.3, 0.4) is 0 Å². The van der Waals surface area contributed by atoms with Gasteiger partial charge in [0.2, 0.25) is 0 Å². The number of alkyl halides is 1. The quantitative estimate of drug-likeness (QED) is 0.446. The largest absolute Gasteiger partial charge is 0.457 e. The van der Waals surface area contributed by atoms with Crippen molar-refractivity contribution in [3.05, 3.63) is 54.1 Å². The predicted molar refractivity (Wildman–Crippen MR) is 66.2 cm³/mol. The SMILES string of the molecule is C=Cc1ccccc1COC(=O)C(=C)CCl. The highest BCUT2D eigenvalue weighted by atomic mass is 35.5. The van der Waals surface area contributed by atoms with Gasteiger partial charge in [0.05, 0.1) is 5.88 Å². The van der Waals surface area contributed by atoms with Gasteiger partial charge in [-0.15, -0.1) is 11.6 Å². The highest BCUT2D eigenvalue weighted by Gasteiger charge is 2.08. The standard InChI is InChI=1S/C13H13ClO2/c1-3-11-6-4-5-7-12(11)9-16-13(15)10(2)8-14/h3-7H,1-2,8-9H2. The van der Waals surface area contributed by atoms with Crippen molar-refractivity contribution in [3.63, 3.8) is 0 Å². The second-order valence-corrected chi connectivity index (χ2v) is 3.48. The molecule has 0 heterocycles. The van der Waals surface area contributed by atoms with Gasteiger partial charge < -0.3 is 4.74 Å². The summed E-state index contributed by atoms with van der Waals surface area (Å²) in [5.41, 5.74) is 2.12. The lowest BCUT2D eigenvalue weighted by molar-refractivity contribution is -0.140. The van der Waals surface area contributed by atoms with E-state index in [9.17, 15) is 4.79 Å². The van der Waals surface area contributed by atoms with Crippen LogP contribution < -0.4 is 0 Å². The summed E-state index contributed by atoms with van der Waals surface area (Å²) in [5.74, 6) is -0.379. The Bertz CT molecular complexity index is 410. The molecule has 1 aromatic rings. The van der Waals surface area contributed by atoms with E-state index in [1.165, 1.54) is 0 Å². The van der Waals surface area contributed by atoms with Crippen LogP contribution in [0.1, 0.15) is 11.1 Å². The maximum Gasteiger partial charge on any atom is 0.334 e. The van der Waals surface area contributed by atoms with Gasteiger partial charge in [-0.2, -0.15) is 0 Å². The number of esters is 1. The molecule has 0 saturated heterocycles. The molecule has 84 valence electrons. The van der Waals surface area contributed by atoms with Crippen LogP contribution >= 0.6 is 11.6 Å². The molecular weight excluding hydrogens is 224 g/mol. The molecule has 2 nitrogen and oxygen atoms in total. The first kappa shape index (κ1) is 12.5. The zero-order valence-electron chi connectivity index (χ0n) is 8.91. The highest BCUT2D eigenvalue weighted by molar-refractivity contribution is 6.22. The molecule has 0 N–H and O–H groups in total. The normalized spacial score (nSPS) is 9.56. The van der Waals surface area contributed by atoms with Gasteiger partial charge in [0, 0.05) is 5.57 Å². The van der Waals surface area contributed by atoms with Gasteiger partial charge in [0.15, 0.2) is 0 Å². The molecule has 0 aromatic heterocycles. The number of hydrogen-bond donors (Lipinski definition) is 0. The number of ether oxygens (including phenoxy) is 1. The van der Waals surface area contributed by atoms with Crippen LogP contribution in [0.4, 0.5) is 0 Å². The van der Waals surface area contributed by atoms with Crippen LogP contribution in [0.2, 0.25) is 0 Å². The number of hydrogen-bond acceptors (Lipinski definition) is 2. The molecule has 0 bridgehead atoms. The average Bonchev–Trinajstić information content (AvgIpc) is 2.35. The van der Waals surface area contributed by atoms with Crippen molar-refractivity contribution >= 4 is 23.6 Å². The van der Waals surface area contributed by atoms with E-state index in [0.717, 1.165) is 11.1 Å². The molecule has 0 amide bonds. The van der Waals surface area contributed by atoms with Crippen molar-refractivity contribution in [1.29, 1.82) is 0 Å². The van der Waals surface area contributed by atoms with E-state index in [1.54, 1.807) is 6.08 Å². The summed E-state index contributed by atoms with van der Waals surface area (Å²) in [6.45, 7) is 7.40. The Labute approximate surface area is 100 Å². The fourth-order valence-corrected chi connectivity index (χ4v) is 1.27. The first-order chi connectivity index (χ1) is 7.69. The number of benzene rings is 1. The van der Waals surface area contributed by atoms with Crippen molar-refractivity contribution < 1.29 is 9.53 Å². The van der Waals surface area contributed by atoms with E-state index in [1.807, 2.05) is 24.3 Å². The Morgan fingerprint density at radius 2 is 2.12 bits per heavy atom. The molecule has 0 spiro atoms. The molecular formula is C13H13ClO2. The van der Waals surface area contributed by atoms with Gasteiger partial charge in [-0.1, -0.05) is 43.5 Å². The van der Waals surface area contributed by atoms with E-state index in [0.29, 0.717) is 0 Å². The van der Waals surface area contributed by atoms with Crippen LogP contribution in [0.5, 0.6) is 0 Å². The third-order valence-electron chi connectivity index (χ3n) is 2.08. The average molecular weight is 237 g/mol. The molecule has 0 unspecified atom stereocenters. The van der Waals surface area contributed by atoms with Crippen molar-refractivity contribution in [2.24, 2.45) is 0 Å². The van der Waals surface area contributed by atoms with Gasteiger partial charge in [-0.3, -0.25) is 0 Å². The monoisotopic (exact) mass is 236 g/mol. The van der Waals surface area contributed by atoms with Crippen molar-refractivity contribution in [1.82, 2.24) is 0 Å². The van der Waals surface area contributed by atoms with Crippen LogP contribution in [0.25, 0.3) is 6.08 Å². The van der Waals surface area contributed by atoms with E-state index >= 15 is 0 Å².